The van der Waals surface area contributed by atoms with E-state index in [1.165, 1.54) is 23.3 Å². The molecule has 0 radical (unpaired) electrons. The summed E-state index contributed by atoms with van der Waals surface area (Å²) in [5.41, 5.74) is 9.87. The van der Waals surface area contributed by atoms with Crippen molar-refractivity contribution in [2.75, 3.05) is 5.73 Å². The Kier molecular flexibility index (Phi) is 2.57. The first kappa shape index (κ1) is 12.1. The Morgan fingerprint density at radius 1 is 1.14 bits per heavy atom. The molecule has 4 heteroatoms. The van der Waals surface area contributed by atoms with Crippen molar-refractivity contribution in [2.45, 2.75) is 12.3 Å². The van der Waals surface area contributed by atoms with Crippen molar-refractivity contribution in [3.8, 4) is 11.1 Å². The monoisotopic (exact) mass is 280 g/mol. The van der Waals surface area contributed by atoms with Gasteiger partial charge in [0, 0.05) is 5.92 Å². The summed E-state index contributed by atoms with van der Waals surface area (Å²) in [6.45, 7) is 0. The molecule has 0 amide bonds. The molecule has 3 aromatic rings. The van der Waals surface area contributed by atoms with Gasteiger partial charge in [0.25, 0.3) is 0 Å². The highest BCUT2D eigenvalue weighted by Crippen LogP contribution is 2.45. The average molecular weight is 280 g/mol. The van der Waals surface area contributed by atoms with Crippen molar-refractivity contribution in [1.29, 1.82) is 0 Å². The van der Waals surface area contributed by atoms with E-state index >= 15 is 0 Å². The van der Waals surface area contributed by atoms with Gasteiger partial charge >= 0.3 is 0 Å². The van der Waals surface area contributed by atoms with Crippen molar-refractivity contribution in [3.63, 3.8) is 0 Å². The minimum Gasteiger partial charge on any atom is -0.380 e. The van der Waals surface area contributed by atoms with Gasteiger partial charge in [0.05, 0.1) is 5.56 Å². The standard InChI is InChI=1S/C17H13FN2O/c18-12-6-3-5-11(8-12)15-16(21-20-17(15)19)14-9-10-4-1-2-7-13(10)14/h1-8,14H,9H2,(H2,19,20). The lowest BCUT2D eigenvalue weighted by atomic mass is 9.75. The molecule has 1 heterocycles. The van der Waals surface area contributed by atoms with Crippen LogP contribution in [0.5, 0.6) is 0 Å². The van der Waals surface area contributed by atoms with Gasteiger partial charge in [-0.25, -0.2) is 4.39 Å². The van der Waals surface area contributed by atoms with Gasteiger partial charge < -0.3 is 10.3 Å². The molecule has 0 fully saturated rings. The van der Waals surface area contributed by atoms with Crippen molar-refractivity contribution in [3.05, 3.63) is 71.2 Å². The predicted octanol–water partition coefficient (Wildman–Crippen LogP) is 3.75. The molecule has 0 spiro atoms. The number of hydrogen-bond acceptors (Lipinski definition) is 3. The SMILES string of the molecule is Nc1noc(C2Cc3ccccc32)c1-c1cccc(F)c1. The Morgan fingerprint density at radius 3 is 2.81 bits per heavy atom. The van der Waals surface area contributed by atoms with Crippen LogP contribution in [0.3, 0.4) is 0 Å². The van der Waals surface area contributed by atoms with E-state index in [4.69, 9.17) is 10.3 Å². The zero-order valence-corrected chi connectivity index (χ0v) is 11.2. The molecule has 21 heavy (non-hydrogen) atoms. The smallest absolute Gasteiger partial charge is 0.175 e. The van der Waals surface area contributed by atoms with Gasteiger partial charge in [0.15, 0.2) is 11.6 Å². The van der Waals surface area contributed by atoms with Gasteiger partial charge in [-0.15, -0.1) is 0 Å². The predicted molar refractivity (Wildman–Crippen MR) is 78.3 cm³/mol. The molecule has 0 saturated carbocycles. The van der Waals surface area contributed by atoms with Gasteiger partial charge in [0.1, 0.15) is 5.82 Å². The van der Waals surface area contributed by atoms with E-state index in [0.29, 0.717) is 16.9 Å². The van der Waals surface area contributed by atoms with Crippen LogP contribution in [0, 0.1) is 5.82 Å². The maximum atomic E-state index is 13.5. The van der Waals surface area contributed by atoms with E-state index < -0.39 is 0 Å². The summed E-state index contributed by atoms with van der Waals surface area (Å²) < 4.78 is 18.9. The van der Waals surface area contributed by atoms with Crippen molar-refractivity contribution < 1.29 is 8.91 Å². The third kappa shape index (κ3) is 1.83. The molecule has 1 aromatic heterocycles. The Morgan fingerprint density at radius 2 is 2.00 bits per heavy atom. The Labute approximate surface area is 121 Å². The maximum absolute atomic E-state index is 13.5. The number of nitrogens with zero attached hydrogens (tertiary/aromatic N) is 1. The van der Waals surface area contributed by atoms with Gasteiger partial charge in [-0.3, -0.25) is 0 Å². The van der Waals surface area contributed by atoms with Crippen LogP contribution in [0.25, 0.3) is 11.1 Å². The lowest BCUT2D eigenvalue weighted by Crippen LogP contribution is -2.18. The fourth-order valence-corrected chi connectivity index (χ4v) is 2.98. The fourth-order valence-electron chi connectivity index (χ4n) is 2.98. The molecule has 104 valence electrons. The zero-order valence-electron chi connectivity index (χ0n) is 11.2. The highest BCUT2D eigenvalue weighted by atomic mass is 19.1. The second kappa shape index (κ2) is 4.45. The summed E-state index contributed by atoms with van der Waals surface area (Å²) in [5, 5.41) is 3.88. The molecule has 0 bridgehead atoms. The lowest BCUT2D eigenvalue weighted by Gasteiger charge is -2.28. The molecule has 2 N–H and O–H groups in total. The van der Waals surface area contributed by atoms with E-state index in [0.717, 1.165) is 12.2 Å². The summed E-state index contributed by atoms with van der Waals surface area (Å²) in [6, 6.07) is 14.6. The molecule has 3 nitrogen and oxygen atoms in total. The van der Waals surface area contributed by atoms with Crippen LogP contribution in [0.15, 0.2) is 53.1 Å². The second-order valence-corrected chi connectivity index (χ2v) is 5.27. The molecule has 2 aromatic carbocycles. The van der Waals surface area contributed by atoms with Crippen LogP contribution in [0.2, 0.25) is 0 Å². The van der Waals surface area contributed by atoms with Crippen molar-refractivity contribution in [1.82, 2.24) is 5.16 Å². The molecule has 1 aliphatic rings. The van der Waals surface area contributed by atoms with Crippen LogP contribution in [-0.2, 0) is 6.42 Å². The first-order chi connectivity index (χ1) is 10.2. The largest absolute Gasteiger partial charge is 0.380 e. The summed E-state index contributed by atoms with van der Waals surface area (Å²) in [4.78, 5) is 0. The van der Waals surface area contributed by atoms with E-state index in [9.17, 15) is 4.39 Å². The Balaban J connectivity index is 1.83. The normalized spacial score (nSPS) is 16.3. The maximum Gasteiger partial charge on any atom is 0.175 e. The third-order valence-corrected chi connectivity index (χ3v) is 4.03. The van der Waals surface area contributed by atoms with Gasteiger partial charge in [-0.1, -0.05) is 41.6 Å². The number of anilines is 1. The lowest BCUT2D eigenvalue weighted by molar-refractivity contribution is 0.365. The van der Waals surface area contributed by atoms with E-state index in [-0.39, 0.29) is 11.7 Å². The number of rotatable bonds is 2. The van der Waals surface area contributed by atoms with Crippen LogP contribution in [0.4, 0.5) is 10.2 Å². The van der Waals surface area contributed by atoms with Gasteiger partial charge in [0.2, 0.25) is 0 Å². The second-order valence-electron chi connectivity index (χ2n) is 5.27. The zero-order chi connectivity index (χ0) is 14.4. The van der Waals surface area contributed by atoms with Crippen LogP contribution in [-0.4, -0.2) is 5.16 Å². The first-order valence-electron chi connectivity index (χ1n) is 6.83. The number of hydrogen-bond donors (Lipinski definition) is 1. The molecular formula is C17H13FN2O. The summed E-state index contributed by atoms with van der Waals surface area (Å²) in [6.07, 6.45) is 0.896. The third-order valence-electron chi connectivity index (χ3n) is 4.03. The molecule has 0 saturated heterocycles. The molecule has 1 unspecified atom stereocenters. The minimum absolute atomic E-state index is 0.143. The number of halogens is 1. The molecule has 1 atom stereocenters. The number of nitrogens with two attached hydrogens (primary N) is 1. The Hall–Kier alpha value is -2.62. The molecule has 1 aliphatic carbocycles. The quantitative estimate of drug-likeness (QED) is 0.777. The summed E-state index contributed by atoms with van der Waals surface area (Å²) >= 11 is 0. The van der Waals surface area contributed by atoms with E-state index in [1.807, 2.05) is 18.2 Å². The van der Waals surface area contributed by atoms with E-state index in [2.05, 4.69) is 17.3 Å². The number of nitrogen functional groups attached to an aromatic ring is 1. The first-order valence-corrected chi connectivity index (χ1v) is 6.83. The number of benzene rings is 2. The topological polar surface area (TPSA) is 52.0 Å². The minimum atomic E-state index is -0.298. The van der Waals surface area contributed by atoms with Crippen LogP contribution < -0.4 is 5.73 Å². The van der Waals surface area contributed by atoms with Crippen LogP contribution in [0.1, 0.15) is 22.8 Å². The molecule has 4 rings (SSSR count). The fraction of sp³-hybridized carbons (Fsp3) is 0.118. The molecular weight excluding hydrogens is 267 g/mol. The van der Waals surface area contributed by atoms with E-state index in [1.54, 1.807) is 6.07 Å². The summed E-state index contributed by atoms with van der Waals surface area (Å²) in [5.74, 6) is 0.870. The average Bonchev–Trinajstić information content (AvgIpc) is 2.82. The number of fused-ring (bicyclic) bond motifs is 1. The van der Waals surface area contributed by atoms with Crippen molar-refractivity contribution >= 4 is 5.82 Å². The van der Waals surface area contributed by atoms with Gasteiger partial charge in [-0.05, 0) is 35.2 Å². The Bertz CT molecular complexity index is 825. The van der Waals surface area contributed by atoms with Gasteiger partial charge in [-0.2, -0.15) is 0 Å². The molecule has 0 aliphatic heterocycles. The highest BCUT2D eigenvalue weighted by Gasteiger charge is 2.33. The summed E-state index contributed by atoms with van der Waals surface area (Å²) in [7, 11) is 0. The number of aromatic nitrogens is 1. The van der Waals surface area contributed by atoms with Crippen LogP contribution >= 0.6 is 0 Å². The van der Waals surface area contributed by atoms with Crippen molar-refractivity contribution in [2.24, 2.45) is 0 Å². The highest BCUT2D eigenvalue weighted by molar-refractivity contribution is 5.77.